The van der Waals surface area contributed by atoms with Gasteiger partial charge < -0.3 is 15.5 Å². The molecule has 2 fully saturated rings. The van der Waals surface area contributed by atoms with E-state index in [2.05, 4.69) is 24.8 Å². The van der Waals surface area contributed by atoms with Gasteiger partial charge in [-0.2, -0.15) is 0 Å². The predicted octanol–water partition coefficient (Wildman–Crippen LogP) is 0.0757. The second-order valence-electron chi connectivity index (χ2n) is 4.74. The van der Waals surface area contributed by atoms with Crippen LogP contribution in [-0.4, -0.2) is 53.0 Å². The van der Waals surface area contributed by atoms with Crippen molar-refractivity contribution in [2.75, 3.05) is 31.1 Å². The molecule has 0 unspecified atom stereocenters. The second-order valence-corrected chi connectivity index (χ2v) is 4.74. The number of hydrogen-bond donors (Lipinski definition) is 1. The Labute approximate surface area is 107 Å². The summed E-state index contributed by atoms with van der Waals surface area (Å²) in [5.74, 6) is 1.50. The lowest BCUT2D eigenvalue weighted by atomic mass is 10.3. The van der Waals surface area contributed by atoms with Crippen molar-refractivity contribution in [2.24, 2.45) is 10.7 Å². The van der Waals surface area contributed by atoms with Crippen LogP contribution in [-0.2, 0) is 0 Å². The van der Waals surface area contributed by atoms with Crippen molar-refractivity contribution < 1.29 is 0 Å². The summed E-state index contributed by atoms with van der Waals surface area (Å²) >= 11 is 0. The highest BCUT2D eigenvalue weighted by atomic mass is 15.4. The van der Waals surface area contributed by atoms with Crippen molar-refractivity contribution in [2.45, 2.75) is 18.9 Å². The quantitative estimate of drug-likeness (QED) is 0.591. The summed E-state index contributed by atoms with van der Waals surface area (Å²) in [5, 5.41) is 0. The van der Waals surface area contributed by atoms with Gasteiger partial charge in [-0.3, -0.25) is 0 Å². The first-order valence-corrected chi connectivity index (χ1v) is 6.43. The monoisotopic (exact) mass is 246 g/mol. The van der Waals surface area contributed by atoms with Gasteiger partial charge in [0.2, 0.25) is 5.95 Å². The van der Waals surface area contributed by atoms with Crippen LogP contribution in [0.3, 0.4) is 0 Å². The van der Waals surface area contributed by atoms with Gasteiger partial charge in [0.25, 0.3) is 0 Å². The lowest BCUT2D eigenvalue weighted by molar-refractivity contribution is 0.378. The number of aromatic nitrogens is 2. The molecule has 6 nitrogen and oxygen atoms in total. The average molecular weight is 246 g/mol. The number of guanidine groups is 1. The number of anilines is 1. The van der Waals surface area contributed by atoms with Gasteiger partial charge in [0, 0.05) is 38.6 Å². The first-order valence-electron chi connectivity index (χ1n) is 6.43. The van der Waals surface area contributed by atoms with Crippen LogP contribution in [0.4, 0.5) is 5.95 Å². The highest BCUT2D eigenvalue weighted by Gasteiger charge is 2.24. The molecule has 1 aliphatic heterocycles. The van der Waals surface area contributed by atoms with E-state index in [-0.39, 0.29) is 0 Å². The first kappa shape index (κ1) is 11.3. The summed E-state index contributed by atoms with van der Waals surface area (Å²) < 4.78 is 0. The zero-order valence-corrected chi connectivity index (χ0v) is 10.4. The topological polar surface area (TPSA) is 70.6 Å². The normalized spacial score (nSPS) is 21.2. The largest absolute Gasteiger partial charge is 0.370 e. The Hall–Kier alpha value is -1.85. The lowest BCUT2D eigenvalue weighted by Crippen LogP contribution is -2.51. The van der Waals surface area contributed by atoms with E-state index in [0.717, 1.165) is 32.1 Å². The standard InChI is InChI=1S/C12H18N6/c13-11(16-10-2-3-10)17-6-8-18(9-7-17)12-14-4-1-5-15-12/h1,4-5,10H,2-3,6-9H2,(H2,13,16). The molecule has 1 saturated heterocycles. The molecule has 18 heavy (non-hydrogen) atoms. The number of piperazine rings is 1. The van der Waals surface area contributed by atoms with Crippen molar-refractivity contribution in [1.29, 1.82) is 0 Å². The minimum absolute atomic E-state index is 0.487. The molecule has 0 amide bonds. The number of hydrogen-bond acceptors (Lipinski definition) is 4. The third kappa shape index (κ3) is 2.52. The Morgan fingerprint density at radius 2 is 1.83 bits per heavy atom. The van der Waals surface area contributed by atoms with Gasteiger partial charge in [-0.25, -0.2) is 15.0 Å². The van der Waals surface area contributed by atoms with E-state index in [0.29, 0.717) is 12.0 Å². The van der Waals surface area contributed by atoms with Crippen LogP contribution in [0.1, 0.15) is 12.8 Å². The van der Waals surface area contributed by atoms with E-state index < -0.39 is 0 Å². The maximum atomic E-state index is 6.00. The predicted molar refractivity (Wildman–Crippen MR) is 70.5 cm³/mol. The van der Waals surface area contributed by atoms with Gasteiger partial charge in [0.1, 0.15) is 0 Å². The Morgan fingerprint density at radius 3 is 2.44 bits per heavy atom. The van der Waals surface area contributed by atoms with Crippen LogP contribution < -0.4 is 10.6 Å². The summed E-state index contributed by atoms with van der Waals surface area (Å²) in [6, 6.07) is 2.32. The third-order valence-electron chi connectivity index (χ3n) is 3.30. The van der Waals surface area contributed by atoms with Gasteiger partial charge in [0.15, 0.2) is 5.96 Å². The summed E-state index contributed by atoms with van der Waals surface area (Å²) in [5.41, 5.74) is 6.00. The SMILES string of the molecule is NC(=NC1CC1)N1CCN(c2ncccn2)CC1. The molecule has 1 aromatic heterocycles. The van der Waals surface area contributed by atoms with Crippen molar-refractivity contribution in [3.63, 3.8) is 0 Å². The molecule has 1 aromatic rings. The van der Waals surface area contributed by atoms with E-state index >= 15 is 0 Å². The second kappa shape index (κ2) is 4.80. The molecule has 1 saturated carbocycles. The Balaban J connectivity index is 1.58. The fraction of sp³-hybridized carbons (Fsp3) is 0.583. The molecule has 0 bridgehead atoms. The molecular formula is C12H18N6. The number of aliphatic imine (C=N–C) groups is 1. The molecule has 96 valence electrons. The van der Waals surface area contributed by atoms with Gasteiger partial charge in [-0.05, 0) is 18.9 Å². The summed E-state index contributed by atoms with van der Waals surface area (Å²) in [6.07, 6.45) is 5.94. The Kier molecular flexibility index (Phi) is 3.00. The maximum absolute atomic E-state index is 6.00. The minimum Gasteiger partial charge on any atom is -0.370 e. The van der Waals surface area contributed by atoms with Crippen LogP contribution >= 0.6 is 0 Å². The van der Waals surface area contributed by atoms with Crippen LogP contribution in [0.15, 0.2) is 23.5 Å². The third-order valence-corrected chi connectivity index (χ3v) is 3.30. The van der Waals surface area contributed by atoms with Gasteiger partial charge in [-0.1, -0.05) is 0 Å². The molecule has 2 N–H and O–H groups in total. The van der Waals surface area contributed by atoms with Crippen molar-refractivity contribution >= 4 is 11.9 Å². The highest BCUT2D eigenvalue weighted by molar-refractivity contribution is 5.78. The summed E-state index contributed by atoms with van der Waals surface area (Å²) in [4.78, 5) is 17.3. The van der Waals surface area contributed by atoms with Gasteiger partial charge in [-0.15, -0.1) is 0 Å². The number of nitrogens with two attached hydrogens (primary N) is 1. The van der Waals surface area contributed by atoms with Crippen molar-refractivity contribution in [1.82, 2.24) is 14.9 Å². The molecule has 3 rings (SSSR count). The Morgan fingerprint density at radius 1 is 1.17 bits per heavy atom. The van der Waals surface area contributed by atoms with E-state index in [1.165, 1.54) is 12.8 Å². The van der Waals surface area contributed by atoms with E-state index in [1.54, 1.807) is 12.4 Å². The molecule has 6 heteroatoms. The molecule has 0 radical (unpaired) electrons. The highest BCUT2D eigenvalue weighted by Crippen LogP contribution is 2.23. The van der Waals surface area contributed by atoms with Crippen molar-refractivity contribution in [3.05, 3.63) is 18.5 Å². The fourth-order valence-corrected chi connectivity index (χ4v) is 2.06. The van der Waals surface area contributed by atoms with Crippen LogP contribution in [0.25, 0.3) is 0 Å². The number of rotatable bonds is 2. The molecule has 1 aliphatic carbocycles. The van der Waals surface area contributed by atoms with E-state index in [9.17, 15) is 0 Å². The average Bonchev–Trinajstić information content (AvgIpc) is 3.24. The zero-order valence-electron chi connectivity index (χ0n) is 10.4. The number of nitrogens with zero attached hydrogens (tertiary/aromatic N) is 5. The van der Waals surface area contributed by atoms with Gasteiger partial charge in [0.05, 0.1) is 6.04 Å². The maximum Gasteiger partial charge on any atom is 0.225 e. The van der Waals surface area contributed by atoms with E-state index in [4.69, 9.17) is 5.73 Å². The molecule has 0 spiro atoms. The molecule has 0 aromatic carbocycles. The van der Waals surface area contributed by atoms with E-state index in [1.807, 2.05) is 6.07 Å². The smallest absolute Gasteiger partial charge is 0.225 e. The summed E-state index contributed by atoms with van der Waals surface area (Å²) in [6.45, 7) is 3.57. The lowest BCUT2D eigenvalue weighted by Gasteiger charge is -2.35. The van der Waals surface area contributed by atoms with Crippen molar-refractivity contribution in [3.8, 4) is 0 Å². The van der Waals surface area contributed by atoms with Crippen LogP contribution in [0.2, 0.25) is 0 Å². The fourth-order valence-electron chi connectivity index (χ4n) is 2.06. The zero-order chi connectivity index (χ0) is 12.4. The summed E-state index contributed by atoms with van der Waals surface area (Å²) in [7, 11) is 0. The minimum atomic E-state index is 0.487. The molecule has 2 aliphatic rings. The van der Waals surface area contributed by atoms with Crippen LogP contribution in [0.5, 0.6) is 0 Å². The van der Waals surface area contributed by atoms with Gasteiger partial charge >= 0.3 is 0 Å². The molecule has 2 heterocycles. The van der Waals surface area contributed by atoms with Crippen LogP contribution in [0, 0.1) is 0 Å². The first-order chi connectivity index (χ1) is 8.83. The Bertz CT molecular complexity index is 419. The molecular weight excluding hydrogens is 228 g/mol. The molecule has 0 atom stereocenters.